The first-order valence-electron chi connectivity index (χ1n) is 5.66. The zero-order valence-corrected chi connectivity index (χ0v) is 12.0. The predicted octanol–water partition coefficient (Wildman–Crippen LogP) is 1.98. The number of hydrogen-bond donors (Lipinski definition) is 1. The van der Waals surface area contributed by atoms with Gasteiger partial charge < -0.3 is 0 Å². The lowest BCUT2D eigenvalue weighted by molar-refractivity contribution is 0.547. The quantitative estimate of drug-likeness (QED) is 0.506. The normalized spacial score (nSPS) is 19.9. The molecule has 0 bridgehead atoms. The molecule has 94 valence electrons. The van der Waals surface area contributed by atoms with Crippen LogP contribution in [0.2, 0.25) is 6.32 Å². The van der Waals surface area contributed by atoms with Gasteiger partial charge in [0.1, 0.15) is 0 Å². The summed E-state index contributed by atoms with van der Waals surface area (Å²) in [6.45, 7) is 5.12. The summed E-state index contributed by atoms with van der Waals surface area (Å²) >= 11 is 0. The fraction of sp³-hybridized carbons (Fsp3) is 0.167. The van der Waals surface area contributed by atoms with Crippen molar-refractivity contribution in [1.29, 1.82) is 0 Å². The molecule has 0 saturated carbocycles. The molecule has 1 aromatic carbocycles. The Morgan fingerprint density at radius 3 is 3.06 bits per heavy atom. The lowest BCUT2D eigenvalue weighted by atomic mass is 9.67. The van der Waals surface area contributed by atoms with Gasteiger partial charge in [0.15, 0.2) is 18.9 Å². The second kappa shape index (κ2) is 6.06. The molecule has 6 heteroatoms. The molecule has 2 unspecified atom stereocenters. The van der Waals surface area contributed by atoms with Crippen LogP contribution in [0.3, 0.4) is 0 Å². The molecular formula is C12H14BF2NP2. The molecular weight excluding hydrogens is 269 g/mol. The van der Waals surface area contributed by atoms with Gasteiger partial charge in [-0.2, -0.15) is 0 Å². The van der Waals surface area contributed by atoms with E-state index in [2.05, 4.69) is 36.3 Å². The summed E-state index contributed by atoms with van der Waals surface area (Å²) in [6, 6.07) is 6.39. The van der Waals surface area contributed by atoms with Crippen LogP contribution in [0.4, 0.5) is 8.78 Å². The first-order valence-corrected chi connectivity index (χ1v) is 8.45. The van der Waals surface area contributed by atoms with E-state index in [0.717, 1.165) is 7.28 Å². The second-order valence-corrected chi connectivity index (χ2v) is 7.43. The molecule has 1 heterocycles. The van der Waals surface area contributed by atoms with E-state index < -0.39 is 11.7 Å². The van der Waals surface area contributed by atoms with Gasteiger partial charge in [0.05, 0.1) is 0 Å². The number of allylic oxidation sites excluding steroid dienone is 3. The Bertz CT molecular complexity index is 505. The van der Waals surface area contributed by atoms with E-state index in [-0.39, 0.29) is 8.07 Å². The SMILES string of the molecule is C=C(F)/C(F)=C\CBc1ccc2c(c1)P(C)NP2. The standard InChI is InChI=1S/C12H14BF2NP2/c1-8(14)10(15)5-6-13-9-3-4-11-12(7-9)18(2)16-17-11/h3-5,7,13,16-17H,1,6H2,2H3/b10-5+. The fourth-order valence-electron chi connectivity index (χ4n) is 1.80. The molecule has 1 aromatic rings. The lowest BCUT2D eigenvalue weighted by Gasteiger charge is -2.06. The summed E-state index contributed by atoms with van der Waals surface area (Å²) in [6.07, 6.45) is 1.75. The highest BCUT2D eigenvalue weighted by molar-refractivity contribution is 7.76. The van der Waals surface area contributed by atoms with Crippen LogP contribution in [-0.4, -0.2) is 13.9 Å². The highest BCUT2D eigenvalue weighted by atomic mass is 31.2. The lowest BCUT2D eigenvalue weighted by Crippen LogP contribution is -2.23. The highest BCUT2D eigenvalue weighted by Crippen LogP contribution is 2.35. The predicted molar refractivity (Wildman–Crippen MR) is 81.0 cm³/mol. The summed E-state index contributed by atoms with van der Waals surface area (Å²) in [7, 11) is 1.18. The fourth-order valence-corrected chi connectivity index (χ4v) is 5.26. The van der Waals surface area contributed by atoms with Gasteiger partial charge in [0, 0.05) is 0 Å². The minimum absolute atomic E-state index is 0.236. The first kappa shape index (κ1) is 13.9. The molecule has 1 nitrogen and oxygen atoms in total. The Balaban J connectivity index is 2.01. The maximum Gasteiger partial charge on any atom is 0.161 e. The monoisotopic (exact) mass is 283 g/mol. The van der Waals surface area contributed by atoms with Crippen LogP contribution in [-0.2, 0) is 0 Å². The molecule has 2 rings (SSSR count). The minimum Gasteiger partial charge on any atom is -0.269 e. The van der Waals surface area contributed by atoms with Crippen LogP contribution >= 0.6 is 16.8 Å². The van der Waals surface area contributed by atoms with Crippen LogP contribution in [0.5, 0.6) is 0 Å². The van der Waals surface area contributed by atoms with Gasteiger partial charge in [-0.1, -0.05) is 42.6 Å². The third-order valence-corrected chi connectivity index (χ3v) is 6.59. The zero-order valence-electron chi connectivity index (χ0n) is 10.1. The summed E-state index contributed by atoms with van der Waals surface area (Å²) in [5.74, 6) is -1.84. The Morgan fingerprint density at radius 2 is 2.33 bits per heavy atom. The van der Waals surface area contributed by atoms with Crippen molar-refractivity contribution >= 4 is 40.2 Å². The van der Waals surface area contributed by atoms with Crippen molar-refractivity contribution in [3.63, 3.8) is 0 Å². The molecule has 0 aromatic heterocycles. The van der Waals surface area contributed by atoms with Crippen molar-refractivity contribution in [3.05, 3.63) is 42.5 Å². The number of rotatable bonds is 4. The number of fused-ring (bicyclic) bond motifs is 1. The van der Waals surface area contributed by atoms with Crippen molar-refractivity contribution in [1.82, 2.24) is 4.86 Å². The number of nitrogens with one attached hydrogen (secondary N) is 1. The van der Waals surface area contributed by atoms with E-state index >= 15 is 0 Å². The van der Waals surface area contributed by atoms with E-state index in [9.17, 15) is 8.78 Å². The van der Waals surface area contributed by atoms with Gasteiger partial charge in [-0.25, -0.2) is 8.78 Å². The van der Waals surface area contributed by atoms with Gasteiger partial charge in [0.25, 0.3) is 0 Å². The molecule has 1 aliphatic rings. The van der Waals surface area contributed by atoms with Gasteiger partial charge in [-0.15, -0.1) is 0 Å². The maximum absolute atomic E-state index is 12.9. The summed E-state index contributed by atoms with van der Waals surface area (Å²) < 4.78 is 25.3. The van der Waals surface area contributed by atoms with E-state index in [1.807, 2.05) is 0 Å². The number of halogens is 2. The maximum atomic E-state index is 12.9. The highest BCUT2D eigenvalue weighted by Gasteiger charge is 2.17. The molecule has 18 heavy (non-hydrogen) atoms. The van der Waals surface area contributed by atoms with E-state index in [1.165, 1.54) is 22.1 Å². The summed E-state index contributed by atoms with van der Waals surface area (Å²) in [5.41, 5.74) is 1.17. The first-order chi connectivity index (χ1) is 8.58. The van der Waals surface area contributed by atoms with Crippen molar-refractivity contribution < 1.29 is 8.78 Å². The van der Waals surface area contributed by atoms with Crippen molar-refractivity contribution in [2.45, 2.75) is 6.32 Å². The molecule has 0 spiro atoms. The van der Waals surface area contributed by atoms with Crippen molar-refractivity contribution in [2.75, 3.05) is 6.66 Å². The summed E-state index contributed by atoms with van der Waals surface area (Å²) in [4.78, 5) is 3.46. The van der Waals surface area contributed by atoms with Crippen molar-refractivity contribution in [2.24, 2.45) is 0 Å². The van der Waals surface area contributed by atoms with Gasteiger partial charge in [-0.05, 0) is 34.1 Å². The molecule has 0 saturated heterocycles. The zero-order chi connectivity index (χ0) is 13.1. The van der Waals surface area contributed by atoms with Crippen molar-refractivity contribution in [3.8, 4) is 0 Å². The summed E-state index contributed by atoms with van der Waals surface area (Å²) in [5, 5.41) is 2.77. The molecule has 2 atom stereocenters. The Morgan fingerprint density at radius 1 is 1.56 bits per heavy atom. The van der Waals surface area contributed by atoms with E-state index in [0.29, 0.717) is 15.1 Å². The average Bonchev–Trinajstić information content (AvgIpc) is 2.71. The van der Waals surface area contributed by atoms with E-state index in [1.54, 1.807) is 0 Å². The van der Waals surface area contributed by atoms with Crippen LogP contribution < -0.4 is 20.9 Å². The Kier molecular flexibility index (Phi) is 4.67. The number of hydrogen-bond acceptors (Lipinski definition) is 1. The molecule has 0 amide bonds. The molecule has 1 N–H and O–H groups in total. The average molecular weight is 283 g/mol. The van der Waals surface area contributed by atoms with Crippen LogP contribution in [0, 0.1) is 0 Å². The topological polar surface area (TPSA) is 12.0 Å². The van der Waals surface area contributed by atoms with Gasteiger partial charge in [-0.3, -0.25) is 4.86 Å². The van der Waals surface area contributed by atoms with Gasteiger partial charge in [0.2, 0.25) is 0 Å². The molecule has 0 aliphatic carbocycles. The smallest absolute Gasteiger partial charge is 0.161 e. The van der Waals surface area contributed by atoms with E-state index in [4.69, 9.17) is 0 Å². The van der Waals surface area contributed by atoms with Crippen LogP contribution in [0.15, 0.2) is 42.5 Å². The van der Waals surface area contributed by atoms with Crippen LogP contribution in [0.25, 0.3) is 0 Å². The largest absolute Gasteiger partial charge is 0.269 e. The molecule has 0 fully saturated rings. The van der Waals surface area contributed by atoms with Gasteiger partial charge >= 0.3 is 0 Å². The Hall–Kier alpha value is -0.555. The van der Waals surface area contributed by atoms with Crippen LogP contribution in [0.1, 0.15) is 0 Å². The third kappa shape index (κ3) is 3.26. The molecule has 0 radical (unpaired) electrons. The second-order valence-electron chi connectivity index (χ2n) is 4.14. The number of benzene rings is 1. The minimum atomic E-state index is -0.994. The molecule has 1 aliphatic heterocycles. The third-order valence-electron chi connectivity index (χ3n) is 2.80. The Labute approximate surface area is 110 Å².